The van der Waals surface area contributed by atoms with Crippen molar-refractivity contribution < 1.29 is 38.6 Å². The molecule has 0 bridgehead atoms. The van der Waals surface area contributed by atoms with Crippen LogP contribution < -0.4 is 10.6 Å². The third-order valence-corrected chi connectivity index (χ3v) is 7.37. The van der Waals surface area contributed by atoms with Gasteiger partial charge in [-0.15, -0.1) is 0 Å². The van der Waals surface area contributed by atoms with Crippen molar-refractivity contribution in [3.63, 3.8) is 0 Å². The molecule has 11 nitrogen and oxygen atoms in total. The van der Waals surface area contributed by atoms with E-state index < -0.39 is 29.9 Å². The van der Waals surface area contributed by atoms with Crippen LogP contribution in [0.5, 0.6) is 0 Å². The molecule has 3 N–H and O–H groups in total. The number of rotatable bonds is 10. The fourth-order valence-corrected chi connectivity index (χ4v) is 7.04. The SMILES string of the molecule is CC(=O)Nc1c(I)c(C(=O)NCC(COC(C)=O)OC(C)=O)c(I)c(C(=O)N(C)CCO)c1I. The van der Waals surface area contributed by atoms with E-state index in [4.69, 9.17) is 9.47 Å². The largest absolute Gasteiger partial charge is 0.462 e. The number of esters is 2. The zero-order valence-electron chi connectivity index (χ0n) is 18.8. The number of aliphatic hydroxyl groups excluding tert-OH is 1. The number of anilines is 1. The number of nitrogens with one attached hydrogen (secondary N) is 2. The molecule has 0 saturated heterocycles. The summed E-state index contributed by atoms with van der Waals surface area (Å²) in [6.45, 7) is 3.13. The number of benzene rings is 1. The first-order chi connectivity index (χ1) is 15.8. The minimum atomic E-state index is -0.920. The highest BCUT2D eigenvalue weighted by atomic mass is 127. The van der Waals surface area contributed by atoms with E-state index in [1.807, 2.05) is 67.8 Å². The molecular weight excluding hydrogens is 791 g/mol. The van der Waals surface area contributed by atoms with E-state index in [0.717, 1.165) is 0 Å². The molecule has 0 saturated carbocycles. The molecule has 0 radical (unpaired) electrons. The summed E-state index contributed by atoms with van der Waals surface area (Å²) in [6.07, 6.45) is -0.920. The van der Waals surface area contributed by atoms with E-state index in [-0.39, 0.29) is 43.3 Å². The number of hydrogen-bond donors (Lipinski definition) is 3. The average molecular weight is 815 g/mol. The molecule has 14 heteroatoms. The topological polar surface area (TPSA) is 151 Å². The highest BCUT2D eigenvalue weighted by molar-refractivity contribution is 14.1. The third kappa shape index (κ3) is 8.74. The molecule has 1 aromatic carbocycles. The Kier molecular flexibility index (Phi) is 13.0. The van der Waals surface area contributed by atoms with E-state index in [9.17, 15) is 29.1 Å². The number of carbonyl (C=O) groups excluding carboxylic acids is 5. The van der Waals surface area contributed by atoms with Gasteiger partial charge in [-0.25, -0.2) is 0 Å². The molecule has 1 atom stereocenters. The summed E-state index contributed by atoms with van der Waals surface area (Å²) < 4.78 is 11.2. The lowest BCUT2D eigenvalue weighted by atomic mass is 10.1. The normalized spacial score (nSPS) is 11.3. The second-order valence-corrected chi connectivity index (χ2v) is 10.2. The maximum absolute atomic E-state index is 13.2. The van der Waals surface area contributed by atoms with Crippen molar-refractivity contribution in [3.05, 3.63) is 21.8 Å². The van der Waals surface area contributed by atoms with Gasteiger partial charge in [0.1, 0.15) is 6.61 Å². The minimum absolute atomic E-state index is 0.0776. The summed E-state index contributed by atoms with van der Waals surface area (Å²) in [5, 5.41) is 14.5. The molecule has 1 rings (SSSR count). The van der Waals surface area contributed by atoms with Gasteiger partial charge in [-0.3, -0.25) is 24.0 Å². The van der Waals surface area contributed by atoms with E-state index in [2.05, 4.69) is 10.6 Å². The lowest BCUT2D eigenvalue weighted by Gasteiger charge is -2.23. The maximum Gasteiger partial charge on any atom is 0.303 e. The Bertz CT molecular complexity index is 987. The van der Waals surface area contributed by atoms with Gasteiger partial charge >= 0.3 is 11.9 Å². The summed E-state index contributed by atoms with van der Waals surface area (Å²) in [5.74, 6) is -2.59. The van der Waals surface area contributed by atoms with Crippen LogP contribution in [0.1, 0.15) is 41.5 Å². The second-order valence-electron chi connectivity index (χ2n) is 6.94. The van der Waals surface area contributed by atoms with Crippen LogP contribution in [0.15, 0.2) is 0 Å². The highest BCUT2D eigenvalue weighted by Gasteiger charge is 2.30. The Labute approximate surface area is 237 Å². The number of nitrogens with zero attached hydrogens (tertiary/aromatic N) is 1. The van der Waals surface area contributed by atoms with Crippen LogP contribution in [0.3, 0.4) is 0 Å². The fraction of sp³-hybridized carbons (Fsp3) is 0.450. The Morgan fingerprint density at radius 1 is 0.971 bits per heavy atom. The summed E-state index contributed by atoms with van der Waals surface area (Å²) in [5.41, 5.74) is 0.638. The summed E-state index contributed by atoms with van der Waals surface area (Å²) >= 11 is 5.73. The molecule has 0 spiro atoms. The van der Waals surface area contributed by atoms with E-state index in [1.165, 1.54) is 32.7 Å². The number of aliphatic hydroxyl groups is 1. The van der Waals surface area contributed by atoms with Gasteiger partial charge in [-0.1, -0.05) is 0 Å². The smallest absolute Gasteiger partial charge is 0.303 e. The Morgan fingerprint density at radius 2 is 1.56 bits per heavy atom. The van der Waals surface area contributed by atoms with Gasteiger partial charge in [0.15, 0.2) is 6.10 Å². The molecule has 0 aliphatic rings. The zero-order chi connectivity index (χ0) is 26.2. The Balaban J connectivity index is 3.43. The number of ether oxygens (including phenoxy) is 2. The summed E-state index contributed by atoms with van der Waals surface area (Å²) in [7, 11) is 1.51. The van der Waals surface area contributed by atoms with Crippen LogP contribution in [0, 0.1) is 10.7 Å². The highest BCUT2D eigenvalue weighted by Crippen LogP contribution is 2.36. The van der Waals surface area contributed by atoms with Crippen LogP contribution in [0.4, 0.5) is 5.69 Å². The molecule has 188 valence electrons. The van der Waals surface area contributed by atoms with Crippen LogP contribution in [0.2, 0.25) is 0 Å². The Hall–Kier alpha value is -1.28. The van der Waals surface area contributed by atoms with Gasteiger partial charge in [0.05, 0.1) is 37.1 Å². The third-order valence-electron chi connectivity index (χ3n) is 4.14. The number of carbonyl (C=O) groups is 5. The number of amides is 3. The van der Waals surface area contributed by atoms with Crippen molar-refractivity contribution in [2.75, 3.05) is 38.7 Å². The van der Waals surface area contributed by atoms with Crippen molar-refractivity contribution in [2.24, 2.45) is 0 Å². The quantitative estimate of drug-likeness (QED) is 0.239. The second kappa shape index (κ2) is 14.3. The van der Waals surface area contributed by atoms with Gasteiger partial charge in [-0.05, 0) is 67.8 Å². The van der Waals surface area contributed by atoms with Gasteiger partial charge in [0, 0.05) is 37.9 Å². The van der Waals surface area contributed by atoms with Crippen LogP contribution >= 0.6 is 67.8 Å². The molecule has 0 aromatic heterocycles. The van der Waals surface area contributed by atoms with Crippen LogP contribution in [-0.2, 0) is 23.9 Å². The van der Waals surface area contributed by atoms with Gasteiger partial charge in [0.2, 0.25) is 5.91 Å². The van der Waals surface area contributed by atoms with Crippen molar-refractivity contribution in [3.8, 4) is 0 Å². The van der Waals surface area contributed by atoms with Crippen LogP contribution in [-0.4, -0.2) is 79.1 Å². The lowest BCUT2D eigenvalue weighted by Crippen LogP contribution is -2.39. The first-order valence-corrected chi connectivity index (χ1v) is 13.0. The van der Waals surface area contributed by atoms with E-state index in [1.54, 1.807) is 0 Å². The molecule has 0 aliphatic heterocycles. The first kappa shape index (κ1) is 30.8. The maximum atomic E-state index is 13.2. The van der Waals surface area contributed by atoms with E-state index >= 15 is 0 Å². The molecule has 0 aliphatic carbocycles. The molecular formula is C20H24I3N3O8. The molecule has 1 unspecified atom stereocenters. The number of hydrogen-bond acceptors (Lipinski definition) is 8. The standard InChI is InChI=1S/C20H24I3N3O8/c1-9(28)25-18-16(22)13(15(21)14(17(18)23)20(32)26(4)5-6-27)19(31)24-7-12(34-11(3)30)8-33-10(2)29/h12,27H,5-8H2,1-4H3,(H,24,31)(H,25,28). The summed E-state index contributed by atoms with van der Waals surface area (Å²) in [6, 6.07) is 0. The zero-order valence-corrected chi connectivity index (χ0v) is 25.3. The van der Waals surface area contributed by atoms with Crippen LogP contribution in [0.25, 0.3) is 0 Å². The number of likely N-dealkylation sites (N-methyl/N-ethyl adjacent to an activating group) is 1. The fourth-order valence-electron chi connectivity index (χ4n) is 2.65. The monoisotopic (exact) mass is 815 g/mol. The van der Waals surface area contributed by atoms with Gasteiger partial charge in [-0.2, -0.15) is 0 Å². The first-order valence-electron chi connectivity index (χ1n) is 9.74. The Morgan fingerprint density at radius 3 is 2.06 bits per heavy atom. The van der Waals surface area contributed by atoms with Crippen molar-refractivity contribution in [1.82, 2.24) is 10.2 Å². The molecule has 0 heterocycles. The minimum Gasteiger partial charge on any atom is -0.462 e. The lowest BCUT2D eigenvalue weighted by molar-refractivity contribution is -0.155. The van der Waals surface area contributed by atoms with Crippen molar-refractivity contribution in [1.29, 1.82) is 0 Å². The molecule has 0 fully saturated rings. The van der Waals surface area contributed by atoms with Crippen molar-refractivity contribution in [2.45, 2.75) is 26.9 Å². The van der Waals surface area contributed by atoms with Gasteiger partial charge in [0.25, 0.3) is 11.8 Å². The molecule has 3 amide bonds. The molecule has 1 aromatic rings. The number of halogens is 3. The molecule has 34 heavy (non-hydrogen) atoms. The van der Waals surface area contributed by atoms with Crippen molar-refractivity contribution >= 4 is 103 Å². The summed E-state index contributed by atoms with van der Waals surface area (Å²) in [4.78, 5) is 61.9. The predicted octanol–water partition coefficient (Wildman–Crippen LogP) is 1.75. The van der Waals surface area contributed by atoms with Gasteiger partial charge < -0.3 is 30.1 Å². The van der Waals surface area contributed by atoms with E-state index in [0.29, 0.717) is 16.4 Å². The predicted molar refractivity (Wildman–Crippen MR) is 147 cm³/mol. The average Bonchev–Trinajstić information content (AvgIpc) is 2.72.